The van der Waals surface area contributed by atoms with Gasteiger partial charge in [0.25, 0.3) is 0 Å². The van der Waals surface area contributed by atoms with Crippen molar-refractivity contribution in [2.75, 3.05) is 7.05 Å². The first-order valence-corrected chi connectivity index (χ1v) is 8.40. The molecule has 1 aromatic carbocycles. The minimum Gasteiger partial charge on any atom is -0.308 e. The lowest BCUT2D eigenvalue weighted by molar-refractivity contribution is 0.392. The molecule has 0 radical (unpaired) electrons. The number of aromatic nitrogens is 1. The van der Waals surface area contributed by atoms with E-state index in [1.165, 1.54) is 5.56 Å². The summed E-state index contributed by atoms with van der Waals surface area (Å²) in [6, 6.07) is 8.04. The lowest BCUT2D eigenvalue weighted by Gasteiger charge is -2.27. The summed E-state index contributed by atoms with van der Waals surface area (Å²) in [7, 11) is 1.99. The topological polar surface area (TPSA) is 24.9 Å². The predicted octanol–water partition coefficient (Wildman–Crippen LogP) is 4.77. The third-order valence-electron chi connectivity index (χ3n) is 3.77. The van der Waals surface area contributed by atoms with Gasteiger partial charge in [0, 0.05) is 15.8 Å². The van der Waals surface area contributed by atoms with Crippen LogP contribution in [-0.2, 0) is 17.4 Å². The lowest BCUT2D eigenvalue weighted by Crippen LogP contribution is -2.39. The van der Waals surface area contributed by atoms with E-state index < -0.39 is 0 Å². The maximum Gasteiger partial charge on any atom is 0.113 e. The number of thiazole rings is 1. The van der Waals surface area contributed by atoms with Crippen LogP contribution in [0.25, 0.3) is 0 Å². The first-order valence-electron chi connectivity index (χ1n) is 7.14. The van der Waals surface area contributed by atoms with Crippen LogP contribution in [0.4, 0.5) is 0 Å². The maximum atomic E-state index is 5.96. The number of benzene rings is 1. The summed E-state index contributed by atoms with van der Waals surface area (Å²) in [5.41, 5.74) is 2.33. The Morgan fingerprint density at radius 2 is 1.76 bits per heavy atom. The van der Waals surface area contributed by atoms with Crippen LogP contribution >= 0.6 is 22.9 Å². The molecule has 1 aromatic heterocycles. The molecule has 0 amide bonds. The molecule has 0 saturated carbocycles. The molecule has 0 aliphatic heterocycles. The Balaban J connectivity index is 2.28. The summed E-state index contributed by atoms with van der Waals surface area (Å²) >= 11 is 7.69. The van der Waals surface area contributed by atoms with E-state index >= 15 is 0 Å². The summed E-state index contributed by atoms with van der Waals surface area (Å²) < 4.78 is 0. The van der Waals surface area contributed by atoms with E-state index in [0.29, 0.717) is 0 Å². The van der Waals surface area contributed by atoms with E-state index in [9.17, 15) is 0 Å². The Labute approximate surface area is 136 Å². The van der Waals surface area contributed by atoms with Crippen molar-refractivity contribution in [3.8, 4) is 0 Å². The Morgan fingerprint density at radius 3 is 2.24 bits per heavy atom. The van der Waals surface area contributed by atoms with E-state index in [2.05, 4.69) is 50.5 Å². The molecule has 1 N–H and O–H groups in total. The zero-order chi connectivity index (χ0) is 15.7. The standard InChI is InChI=1S/C17H23ClN2S/c1-16(2,3)14-11-21-15(20-14)17(4,19-5)10-12-6-8-13(18)9-7-12/h6-9,11,19H,10H2,1-5H3. The highest BCUT2D eigenvalue weighted by Crippen LogP contribution is 2.32. The molecule has 4 heteroatoms. The van der Waals surface area contributed by atoms with Gasteiger partial charge in [-0.3, -0.25) is 0 Å². The minimum atomic E-state index is -0.165. The van der Waals surface area contributed by atoms with Gasteiger partial charge in [-0.15, -0.1) is 11.3 Å². The fraction of sp³-hybridized carbons (Fsp3) is 0.471. The summed E-state index contributed by atoms with van der Waals surface area (Å²) in [6.07, 6.45) is 0.887. The van der Waals surface area contributed by atoms with E-state index in [1.54, 1.807) is 11.3 Å². The highest BCUT2D eigenvalue weighted by Gasteiger charge is 2.30. The van der Waals surface area contributed by atoms with Crippen LogP contribution in [-0.4, -0.2) is 12.0 Å². The van der Waals surface area contributed by atoms with Crippen molar-refractivity contribution in [3.63, 3.8) is 0 Å². The van der Waals surface area contributed by atoms with Gasteiger partial charge >= 0.3 is 0 Å². The number of nitrogens with zero attached hydrogens (tertiary/aromatic N) is 1. The number of likely N-dealkylation sites (N-methyl/N-ethyl adjacent to an activating group) is 1. The number of hydrogen-bond donors (Lipinski definition) is 1. The van der Waals surface area contributed by atoms with Crippen LogP contribution in [0, 0.1) is 0 Å². The maximum absolute atomic E-state index is 5.96. The van der Waals surface area contributed by atoms with Gasteiger partial charge in [-0.05, 0) is 38.1 Å². The highest BCUT2D eigenvalue weighted by atomic mass is 35.5. The second-order valence-electron chi connectivity index (χ2n) is 6.67. The number of halogens is 1. The van der Waals surface area contributed by atoms with E-state index in [-0.39, 0.29) is 11.0 Å². The van der Waals surface area contributed by atoms with E-state index in [1.807, 2.05) is 19.2 Å². The summed E-state index contributed by atoms with van der Waals surface area (Å²) in [5, 5.41) is 7.51. The average Bonchev–Trinajstić information content (AvgIpc) is 2.91. The molecular weight excluding hydrogens is 300 g/mol. The van der Waals surface area contributed by atoms with Crippen LogP contribution < -0.4 is 5.32 Å². The molecule has 1 unspecified atom stereocenters. The lowest BCUT2D eigenvalue weighted by atomic mass is 9.91. The molecular formula is C17H23ClN2S. The second kappa shape index (κ2) is 6.07. The predicted molar refractivity (Wildman–Crippen MR) is 92.4 cm³/mol. The first kappa shape index (κ1) is 16.5. The smallest absolute Gasteiger partial charge is 0.113 e. The van der Waals surface area contributed by atoms with Gasteiger partial charge in [-0.25, -0.2) is 4.98 Å². The zero-order valence-electron chi connectivity index (χ0n) is 13.3. The van der Waals surface area contributed by atoms with Gasteiger partial charge in [0.2, 0.25) is 0 Å². The minimum absolute atomic E-state index is 0.0870. The molecule has 2 rings (SSSR count). The summed E-state index contributed by atoms with van der Waals surface area (Å²) in [5.74, 6) is 0. The van der Waals surface area contributed by atoms with Crippen molar-refractivity contribution >= 4 is 22.9 Å². The second-order valence-corrected chi connectivity index (χ2v) is 7.97. The van der Waals surface area contributed by atoms with Crippen LogP contribution in [0.1, 0.15) is 44.0 Å². The van der Waals surface area contributed by atoms with E-state index in [0.717, 1.165) is 22.1 Å². The molecule has 0 aliphatic carbocycles. The number of hydrogen-bond acceptors (Lipinski definition) is 3. The largest absolute Gasteiger partial charge is 0.308 e. The van der Waals surface area contributed by atoms with E-state index in [4.69, 9.17) is 16.6 Å². The van der Waals surface area contributed by atoms with Crippen molar-refractivity contribution < 1.29 is 0 Å². The number of nitrogens with one attached hydrogen (secondary N) is 1. The van der Waals surface area contributed by atoms with Crippen LogP contribution in [0.3, 0.4) is 0 Å². The van der Waals surface area contributed by atoms with Crippen molar-refractivity contribution in [3.05, 3.63) is 50.9 Å². The van der Waals surface area contributed by atoms with Crippen molar-refractivity contribution in [1.29, 1.82) is 0 Å². The fourth-order valence-corrected chi connectivity index (χ4v) is 3.49. The van der Waals surface area contributed by atoms with Crippen molar-refractivity contribution in [2.45, 2.75) is 45.1 Å². The average molecular weight is 323 g/mol. The van der Waals surface area contributed by atoms with Gasteiger partial charge in [0.15, 0.2) is 0 Å². The molecule has 114 valence electrons. The molecule has 0 spiro atoms. The Kier molecular flexibility index (Phi) is 4.76. The first-order chi connectivity index (χ1) is 9.74. The molecule has 0 bridgehead atoms. The molecule has 2 nitrogen and oxygen atoms in total. The van der Waals surface area contributed by atoms with Crippen molar-refractivity contribution in [1.82, 2.24) is 10.3 Å². The third-order valence-corrected chi connectivity index (χ3v) is 5.13. The monoisotopic (exact) mass is 322 g/mol. The molecule has 1 heterocycles. The Hall–Kier alpha value is -0.900. The third kappa shape index (κ3) is 3.85. The number of rotatable bonds is 4. The van der Waals surface area contributed by atoms with Gasteiger partial charge in [-0.1, -0.05) is 44.5 Å². The molecule has 2 aromatic rings. The van der Waals surface area contributed by atoms with Gasteiger partial charge < -0.3 is 5.32 Å². The van der Waals surface area contributed by atoms with Crippen LogP contribution in [0.2, 0.25) is 5.02 Å². The molecule has 0 fully saturated rings. The highest BCUT2D eigenvalue weighted by molar-refractivity contribution is 7.09. The Morgan fingerprint density at radius 1 is 1.14 bits per heavy atom. The molecule has 0 saturated heterocycles. The quantitative estimate of drug-likeness (QED) is 0.877. The normalized spacial score (nSPS) is 15.0. The molecule has 21 heavy (non-hydrogen) atoms. The molecule has 1 atom stereocenters. The molecule has 0 aliphatic rings. The SMILES string of the molecule is CNC(C)(Cc1ccc(Cl)cc1)c1nc(C(C)(C)C)cs1. The van der Waals surface area contributed by atoms with Gasteiger partial charge in [0.05, 0.1) is 11.2 Å². The fourth-order valence-electron chi connectivity index (χ4n) is 2.15. The van der Waals surface area contributed by atoms with Crippen LogP contribution in [0.15, 0.2) is 29.6 Å². The van der Waals surface area contributed by atoms with Crippen molar-refractivity contribution in [2.24, 2.45) is 0 Å². The Bertz CT molecular complexity index is 598. The van der Waals surface area contributed by atoms with Crippen LogP contribution in [0.5, 0.6) is 0 Å². The summed E-state index contributed by atoms with van der Waals surface area (Å²) in [6.45, 7) is 8.79. The van der Waals surface area contributed by atoms with Gasteiger partial charge in [-0.2, -0.15) is 0 Å². The summed E-state index contributed by atoms with van der Waals surface area (Å²) in [4.78, 5) is 4.87. The van der Waals surface area contributed by atoms with Gasteiger partial charge in [0.1, 0.15) is 5.01 Å². The zero-order valence-corrected chi connectivity index (χ0v) is 14.9.